The second-order valence-corrected chi connectivity index (χ2v) is 3.35. The maximum absolute atomic E-state index is 10.6. The summed E-state index contributed by atoms with van der Waals surface area (Å²) in [6, 6.07) is 10.2. The van der Waals surface area contributed by atoms with E-state index in [4.69, 9.17) is 14.4 Å². The number of aldehydes is 1. The second kappa shape index (κ2) is 4.99. The smallest absolute Gasteiger partial charge is 0.150 e. The van der Waals surface area contributed by atoms with Crippen LogP contribution in [-0.2, 0) is 6.61 Å². The third kappa shape index (κ3) is 2.52. The number of carbonyl (C=O) groups excluding carboxylic acids is 1. The Bertz CT molecular complexity index is 553. The van der Waals surface area contributed by atoms with Crippen LogP contribution < -0.4 is 4.74 Å². The summed E-state index contributed by atoms with van der Waals surface area (Å²) >= 11 is 0. The molecule has 0 amide bonds. The van der Waals surface area contributed by atoms with Gasteiger partial charge in [-0.25, -0.2) is 0 Å². The monoisotopic (exact) mass is 227 g/mol. The van der Waals surface area contributed by atoms with Crippen molar-refractivity contribution in [3.8, 4) is 11.8 Å². The van der Waals surface area contributed by atoms with E-state index in [1.165, 1.54) is 6.07 Å². The zero-order chi connectivity index (χ0) is 12.1. The molecule has 0 saturated heterocycles. The molecule has 84 valence electrons. The van der Waals surface area contributed by atoms with Crippen LogP contribution >= 0.6 is 0 Å². The number of carbonyl (C=O) groups is 1. The van der Waals surface area contributed by atoms with Gasteiger partial charge in [0, 0.05) is 5.56 Å². The van der Waals surface area contributed by atoms with Crippen molar-refractivity contribution in [2.45, 2.75) is 6.61 Å². The fourth-order valence-electron chi connectivity index (χ4n) is 1.38. The van der Waals surface area contributed by atoms with Crippen molar-refractivity contribution < 1.29 is 13.9 Å². The Morgan fingerprint density at radius 2 is 2.29 bits per heavy atom. The lowest BCUT2D eigenvalue weighted by molar-refractivity contribution is 0.112. The predicted molar refractivity (Wildman–Crippen MR) is 59.6 cm³/mol. The highest BCUT2D eigenvalue weighted by Gasteiger charge is 2.05. The topological polar surface area (TPSA) is 63.2 Å². The van der Waals surface area contributed by atoms with Crippen LogP contribution in [0.5, 0.6) is 5.75 Å². The van der Waals surface area contributed by atoms with Gasteiger partial charge in [0.25, 0.3) is 0 Å². The Hall–Kier alpha value is -2.54. The molecule has 0 fully saturated rings. The molecular weight excluding hydrogens is 218 g/mol. The Morgan fingerprint density at radius 1 is 1.41 bits per heavy atom. The van der Waals surface area contributed by atoms with Gasteiger partial charge in [-0.3, -0.25) is 4.79 Å². The molecule has 4 nitrogen and oxygen atoms in total. The van der Waals surface area contributed by atoms with E-state index in [-0.39, 0.29) is 6.61 Å². The van der Waals surface area contributed by atoms with Crippen LogP contribution in [0.3, 0.4) is 0 Å². The highest BCUT2D eigenvalue weighted by Crippen LogP contribution is 2.20. The molecule has 0 radical (unpaired) electrons. The number of hydrogen-bond acceptors (Lipinski definition) is 4. The van der Waals surface area contributed by atoms with Crippen molar-refractivity contribution in [2.24, 2.45) is 0 Å². The molecule has 0 N–H and O–H groups in total. The van der Waals surface area contributed by atoms with E-state index in [0.29, 0.717) is 28.9 Å². The van der Waals surface area contributed by atoms with Crippen LogP contribution in [0.2, 0.25) is 0 Å². The molecule has 4 heteroatoms. The van der Waals surface area contributed by atoms with Gasteiger partial charge in [0.1, 0.15) is 30.5 Å². The van der Waals surface area contributed by atoms with Crippen LogP contribution in [0, 0.1) is 11.3 Å². The zero-order valence-corrected chi connectivity index (χ0v) is 8.92. The van der Waals surface area contributed by atoms with Crippen molar-refractivity contribution >= 4 is 6.29 Å². The Balaban J connectivity index is 2.16. The third-order valence-corrected chi connectivity index (χ3v) is 2.21. The molecule has 1 aromatic carbocycles. The quantitative estimate of drug-likeness (QED) is 0.753. The van der Waals surface area contributed by atoms with Crippen LogP contribution in [0.25, 0.3) is 0 Å². The maximum Gasteiger partial charge on any atom is 0.150 e. The van der Waals surface area contributed by atoms with E-state index in [9.17, 15) is 4.79 Å². The van der Waals surface area contributed by atoms with Gasteiger partial charge in [-0.15, -0.1) is 0 Å². The molecule has 0 aliphatic rings. The molecule has 0 aliphatic carbocycles. The number of benzene rings is 1. The highest BCUT2D eigenvalue weighted by atomic mass is 16.5. The lowest BCUT2D eigenvalue weighted by Gasteiger charge is -2.06. The molecule has 0 bridgehead atoms. The van der Waals surface area contributed by atoms with E-state index in [1.54, 1.807) is 30.5 Å². The minimum absolute atomic E-state index is 0.252. The van der Waals surface area contributed by atoms with Gasteiger partial charge in [0.2, 0.25) is 0 Å². The summed E-state index contributed by atoms with van der Waals surface area (Å²) < 4.78 is 10.5. The Morgan fingerprint density at radius 3 is 2.94 bits per heavy atom. The lowest BCUT2D eigenvalue weighted by atomic mass is 10.1. The van der Waals surface area contributed by atoms with Crippen molar-refractivity contribution in [2.75, 3.05) is 0 Å². The maximum atomic E-state index is 10.6. The van der Waals surface area contributed by atoms with Crippen LogP contribution in [-0.4, -0.2) is 6.29 Å². The van der Waals surface area contributed by atoms with Gasteiger partial charge in [-0.1, -0.05) is 0 Å². The summed E-state index contributed by atoms with van der Waals surface area (Å²) in [5, 5.41) is 8.93. The number of nitriles is 1. The van der Waals surface area contributed by atoms with Gasteiger partial charge in [-0.05, 0) is 30.3 Å². The van der Waals surface area contributed by atoms with Gasteiger partial charge in [0.05, 0.1) is 11.8 Å². The van der Waals surface area contributed by atoms with Gasteiger partial charge < -0.3 is 9.15 Å². The summed E-state index contributed by atoms with van der Waals surface area (Å²) in [6.07, 6.45) is 2.25. The highest BCUT2D eigenvalue weighted by molar-refractivity contribution is 5.76. The number of nitrogens with zero attached hydrogens (tertiary/aromatic N) is 1. The molecule has 0 unspecified atom stereocenters. The predicted octanol–water partition coefficient (Wildman–Crippen LogP) is 2.54. The minimum Gasteiger partial charge on any atom is -0.484 e. The SMILES string of the molecule is N#Cc1cc(C=O)ccc1OCc1ccco1. The summed E-state index contributed by atoms with van der Waals surface area (Å²) in [6.45, 7) is 0.252. The number of hydrogen-bond donors (Lipinski definition) is 0. The third-order valence-electron chi connectivity index (χ3n) is 2.21. The molecule has 0 spiro atoms. The first kappa shape index (κ1) is 11.0. The molecule has 0 atom stereocenters. The van der Waals surface area contributed by atoms with E-state index in [2.05, 4.69) is 0 Å². The fraction of sp³-hybridized carbons (Fsp3) is 0.0769. The molecule has 2 aromatic rings. The van der Waals surface area contributed by atoms with Crippen molar-refractivity contribution in [3.63, 3.8) is 0 Å². The Kier molecular flexibility index (Phi) is 3.22. The van der Waals surface area contributed by atoms with Crippen LogP contribution in [0.15, 0.2) is 41.0 Å². The summed E-state index contributed by atoms with van der Waals surface area (Å²) in [7, 11) is 0. The van der Waals surface area contributed by atoms with E-state index in [1.807, 2.05) is 6.07 Å². The lowest BCUT2D eigenvalue weighted by Crippen LogP contribution is -1.96. The normalized spacial score (nSPS) is 9.59. The minimum atomic E-state index is 0.252. The van der Waals surface area contributed by atoms with Gasteiger partial charge in [-0.2, -0.15) is 5.26 Å². The second-order valence-electron chi connectivity index (χ2n) is 3.35. The van der Waals surface area contributed by atoms with Crippen molar-refractivity contribution in [3.05, 3.63) is 53.5 Å². The number of rotatable bonds is 4. The average molecular weight is 227 g/mol. The van der Waals surface area contributed by atoms with E-state index >= 15 is 0 Å². The largest absolute Gasteiger partial charge is 0.484 e. The van der Waals surface area contributed by atoms with Crippen LogP contribution in [0.1, 0.15) is 21.7 Å². The zero-order valence-electron chi connectivity index (χ0n) is 8.92. The van der Waals surface area contributed by atoms with E-state index in [0.717, 1.165) is 0 Å². The van der Waals surface area contributed by atoms with Crippen LogP contribution in [0.4, 0.5) is 0 Å². The van der Waals surface area contributed by atoms with Crippen molar-refractivity contribution in [1.29, 1.82) is 5.26 Å². The first-order chi connectivity index (χ1) is 8.33. The number of furan rings is 1. The molecule has 0 saturated carbocycles. The summed E-state index contributed by atoms with van der Waals surface area (Å²) in [5.41, 5.74) is 0.785. The first-order valence-corrected chi connectivity index (χ1v) is 4.98. The van der Waals surface area contributed by atoms with Gasteiger partial charge in [0.15, 0.2) is 0 Å². The van der Waals surface area contributed by atoms with E-state index < -0.39 is 0 Å². The fourth-order valence-corrected chi connectivity index (χ4v) is 1.38. The average Bonchev–Trinajstić information content (AvgIpc) is 2.89. The molecular formula is C13H9NO3. The Labute approximate surface area is 98.0 Å². The molecule has 1 heterocycles. The molecule has 2 rings (SSSR count). The standard InChI is InChI=1S/C13H9NO3/c14-7-11-6-10(8-15)3-4-13(11)17-9-12-2-1-5-16-12/h1-6,8H,9H2. The van der Waals surface area contributed by atoms with Gasteiger partial charge >= 0.3 is 0 Å². The molecule has 1 aromatic heterocycles. The summed E-state index contributed by atoms with van der Waals surface area (Å²) in [4.78, 5) is 10.6. The molecule has 17 heavy (non-hydrogen) atoms. The number of ether oxygens (including phenoxy) is 1. The summed E-state index contributed by atoms with van der Waals surface area (Å²) in [5.74, 6) is 1.11. The molecule has 0 aliphatic heterocycles. The van der Waals surface area contributed by atoms with Crippen molar-refractivity contribution in [1.82, 2.24) is 0 Å². The first-order valence-electron chi connectivity index (χ1n) is 4.98.